The van der Waals surface area contributed by atoms with E-state index < -0.39 is 0 Å². The minimum absolute atomic E-state index is 0.0510. The molecule has 1 heterocycles. The number of nitrogens with one attached hydrogen (secondary N) is 2. The molecule has 1 aliphatic carbocycles. The Hall–Kier alpha value is 0.0900. The molecule has 3 unspecified atom stereocenters. The maximum absolute atomic E-state index is 12.5. The summed E-state index contributed by atoms with van der Waals surface area (Å²) < 4.78 is 2.70. The molecule has 2 fully saturated rings. The molecule has 2 aliphatic rings. The second kappa shape index (κ2) is 6.07. The first-order chi connectivity index (χ1) is 9.56. The van der Waals surface area contributed by atoms with Crippen molar-refractivity contribution in [2.75, 3.05) is 11.9 Å². The quantitative estimate of drug-likeness (QED) is 0.682. The van der Waals surface area contributed by atoms with Crippen LogP contribution >= 0.6 is 47.8 Å². The Balaban J connectivity index is 1.76. The highest BCUT2D eigenvalue weighted by Crippen LogP contribution is 2.39. The van der Waals surface area contributed by atoms with Gasteiger partial charge >= 0.3 is 0 Å². The van der Waals surface area contributed by atoms with Crippen molar-refractivity contribution in [3.63, 3.8) is 0 Å². The van der Waals surface area contributed by atoms with Crippen LogP contribution in [0.3, 0.4) is 0 Å². The molecule has 1 aromatic rings. The Morgan fingerprint density at radius 2 is 1.90 bits per heavy atom. The van der Waals surface area contributed by atoms with Crippen LogP contribution in [0.4, 0.5) is 5.69 Å². The van der Waals surface area contributed by atoms with Crippen molar-refractivity contribution in [3.05, 3.63) is 25.6 Å². The lowest BCUT2D eigenvalue weighted by Crippen LogP contribution is -2.39. The third-order valence-corrected chi connectivity index (χ3v) is 5.99. The summed E-state index contributed by atoms with van der Waals surface area (Å²) in [5, 5.41) is 6.42. The summed E-state index contributed by atoms with van der Waals surface area (Å²) in [6.45, 7) is 0.978. The molecule has 108 valence electrons. The number of rotatable bonds is 2. The SMILES string of the molecule is O=C(Nc1c(Br)cc(Br)cc1Br)C1NCC2CCCC21. The van der Waals surface area contributed by atoms with Crippen LogP contribution in [0, 0.1) is 11.8 Å². The van der Waals surface area contributed by atoms with Crippen molar-refractivity contribution in [2.45, 2.75) is 25.3 Å². The topological polar surface area (TPSA) is 41.1 Å². The zero-order valence-corrected chi connectivity index (χ0v) is 15.5. The van der Waals surface area contributed by atoms with Gasteiger partial charge < -0.3 is 10.6 Å². The molecule has 1 aliphatic heterocycles. The van der Waals surface area contributed by atoms with Gasteiger partial charge in [0.2, 0.25) is 5.91 Å². The van der Waals surface area contributed by atoms with Gasteiger partial charge in [0.1, 0.15) is 0 Å². The van der Waals surface area contributed by atoms with Crippen molar-refractivity contribution < 1.29 is 4.79 Å². The molecule has 1 saturated heterocycles. The first-order valence-corrected chi connectivity index (χ1v) is 9.13. The van der Waals surface area contributed by atoms with Gasteiger partial charge in [0.15, 0.2) is 0 Å². The van der Waals surface area contributed by atoms with Gasteiger partial charge in [-0.1, -0.05) is 22.4 Å². The van der Waals surface area contributed by atoms with E-state index in [-0.39, 0.29) is 11.9 Å². The maximum Gasteiger partial charge on any atom is 0.241 e. The summed E-state index contributed by atoms with van der Waals surface area (Å²) in [6, 6.07) is 3.81. The Kier molecular flexibility index (Phi) is 4.55. The third kappa shape index (κ3) is 2.85. The van der Waals surface area contributed by atoms with E-state index in [0.29, 0.717) is 11.8 Å². The largest absolute Gasteiger partial charge is 0.323 e. The number of anilines is 1. The van der Waals surface area contributed by atoms with Crippen LogP contribution in [0.1, 0.15) is 19.3 Å². The lowest BCUT2D eigenvalue weighted by molar-refractivity contribution is -0.118. The average Bonchev–Trinajstić information content (AvgIpc) is 2.95. The van der Waals surface area contributed by atoms with Crippen LogP contribution in [-0.2, 0) is 4.79 Å². The summed E-state index contributed by atoms with van der Waals surface area (Å²) in [6.07, 6.45) is 3.68. The van der Waals surface area contributed by atoms with E-state index in [1.54, 1.807) is 0 Å². The summed E-state index contributed by atoms with van der Waals surface area (Å²) in [5.41, 5.74) is 0.793. The summed E-state index contributed by atoms with van der Waals surface area (Å²) in [5.74, 6) is 1.26. The minimum atomic E-state index is -0.0510. The van der Waals surface area contributed by atoms with Gasteiger partial charge in [-0.2, -0.15) is 0 Å². The normalized spacial score (nSPS) is 28.4. The van der Waals surface area contributed by atoms with E-state index in [1.165, 1.54) is 19.3 Å². The fourth-order valence-corrected chi connectivity index (χ4v) is 5.79. The molecule has 3 atom stereocenters. The Bertz CT molecular complexity index is 526. The molecular formula is C14H15Br3N2O. The van der Waals surface area contributed by atoms with Crippen molar-refractivity contribution in [3.8, 4) is 0 Å². The molecule has 3 nitrogen and oxygen atoms in total. The fourth-order valence-electron chi connectivity index (χ4n) is 3.34. The number of fused-ring (bicyclic) bond motifs is 1. The van der Waals surface area contributed by atoms with E-state index >= 15 is 0 Å². The first-order valence-electron chi connectivity index (χ1n) is 6.75. The lowest BCUT2D eigenvalue weighted by atomic mass is 9.93. The number of benzene rings is 1. The van der Waals surface area contributed by atoms with Gasteiger partial charge in [-0.15, -0.1) is 0 Å². The van der Waals surface area contributed by atoms with Gasteiger partial charge in [0, 0.05) is 13.4 Å². The van der Waals surface area contributed by atoms with Gasteiger partial charge in [0.25, 0.3) is 0 Å². The smallest absolute Gasteiger partial charge is 0.241 e. The highest BCUT2D eigenvalue weighted by Gasteiger charge is 2.42. The van der Waals surface area contributed by atoms with E-state index in [0.717, 1.165) is 25.7 Å². The number of carbonyl (C=O) groups excluding carboxylic acids is 1. The van der Waals surface area contributed by atoms with Gasteiger partial charge in [-0.25, -0.2) is 0 Å². The van der Waals surface area contributed by atoms with Crippen LogP contribution in [0.2, 0.25) is 0 Å². The minimum Gasteiger partial charge on any atom is -0.323 e. The molecule has 20 heavy (non-hydrogen) atoms. The number of hydrogen-bond acceptors (Lipinski definition) is 2. The van der Waals surface area contributed by atoms with Crippen LogP contribution in [0.5, 0.6) is 0 Å². The highest BCUT2D eigenvalue weighted by molar-refractivity contribution is 9.11. The average molecular weight is 467 g/mol. The second-order valence-corrected chi connectivity index (χ2v) is 8.10. The van der Waals surface area contributed by atoms with Crippen molar-refractivity contribution in [1.29, 1.82) is 0 Å². The van der Waals surface area contributed by atoms with Gasteiger partial charge in [-0.05, 0) is 75.2 Å². The summed E-state index contributed by atoms with van der Waals surface area (Å²) >= 11 is 10.4. The lowest BCUT2D eigenvalue weighted by Gasteiger charge is -2.19. The van der Waals surface area contributed by atoms with E-state index in [1.807, 2.05) is 12.1 Å². The molecule has 0 spiro atoms. The van der Waals surface area contributed by atoms with Crippen molar-refractivity contribution in [2.24, 2.45) is 11.8 Å². The van der Waals surface area contributed by atoms with Crippen LogP contribution in [-0.4, -0.2) is 18.5 Å². The summed E-state index contributed by atoms with van der Waals surface area (Å²) in [4.78, 5) is 12.5. The standard InChI is InChI=1S/C14H15Br3N2O/c15-8-4-10(16)13(11(17)5-8)19-14(20)12-9-3-1-2-7(9)6-18-12/h4-5,7,9,12,18H,1-3,6H2,(H,19,20). The predicted molar refractivity (Wildman–Crippen MR) is 90.8 cm³/mol. The predicted octanol–water partition coefficient (Wildman–Crippen LogP) is 4.30. The molecule has 0 radical (unpaired) electrons. The highest BCUT2D eigenvalue weighted by atomic mass is 79.9. The molecule has 3 rings (SSSR count). The Labute approximate surface area is 143 Å². The molecule has 0 aromatic heterocycles. The molecule has 6 heteroatoms. The molecule has 1 saturated carbocycles. The number of amides is 1. The van der Waals surface area contributed by atoms with E-state index in [4.69, 9.17) is 0 Å². The number of halogens is 3. The second-order valence-electron chi connectivity index (χ2n) is 5.47. The zero-order valence-electron chi connectivity index (χ0n) is 10.8. The molecule has 1 aromatic carbocycles. The molecule has 2 N–H and O–H groups in total. The monoisotopic (exact) mass is 464 g/mol. The van der Waals surface area contributed by atoms with Crippen LogP contribution < -0.4 is 10.6 Å². The van der Waals surface area contributed by atoms with Crippen molar-refractivity contribution >= 4 is 59.4 Å². The fraction of sp³-hybridized carbons (Fsp3) is 0.500. The van der Waals surface area contributed by atoms with Crippen LogP contribution in [0.25, 0.3) is 0 Å². The molecule has 1 amide bonds. The van der Waals surface area contributed by atoms with E-state index in [9.17, 15) is 4.79 Å². The third-order valence-electron chi connectivity index (χ3n) is 4.28. The van der Waals surface area contributed by atoms with Gasteiger partial charge in [-0.3, -0.25) is 4.79 Å². The Morgan fingerprint density at radius 1 is 1.20 bits per heavy atom. The van der Waals surface area contributed by atoms with Crippen molar-refractivity contribution in [1.82, 2.24) is 5.32 Å². The number of carbonyl (C=O) groups is 1. The molecular weight excluding hydrogens is 452 g/mol. The zero-order chi connectivity index (χ0) is 14.3. The first kappa shape index (κ1) is 15.0. The van der Waals surface area contributed by atoms with Crippen LogP contribution in [0.15, 0.2) is 25.6 Å². The summed E-state index contributed by atoms with van der Waals surface area (Å²) in [7, 11) is 0. The molecule has 0 bridgehead atoms. The Morgan fingerprint density at radius 3 is 2.60 bits per heavy atom. The van der Waals surface area contributed by atoms with Gasteiger partial charge in [0.05, 0.1) is 11.7 Å². The maximum atomic E-state index is 12.5. The number of hydrogen-bond donors (Lipinski definition) is 2. The van der Waals surface area contributed by atoms with E-state index in [2.05, 4.69) is 58.4 Å².